The van der Waals surface area contributed by atoms with Crippen LogP contribution in [-0.4, -0.2) is 29.2 Å². The number of fused-ring (bicyclic) bond motifs is 1. The van der Waals surface area contributed by atoms with Crippen LogP contribution < -0.4 is 14.8 Å². The van der Waals surface area contributed by atoms with Crippen molar-refractivity contribution in [3.63, 3.8) is 0 Å². The molecule has 0 aromatic heterocycles. The predicted octanol–water partition coefficient (Wildman–Crippen LogP) is 0.981. The van der Waals surface area contributed by atoms with Gasteiger partial charge in [0.2, 0.25) is 6.79 Å². The smallest absolute Gasteiger partial charge is 0.231 e. The van der Waals surface area contributed by atoms with Gasteiger partial charge >= 0.3 is 0 Å². The summed E-state index contributed by atoms with van der Waals surface area (Å²) in [5.41, 5.74) is -0.0510. The zero-order valence-electron chi connectivity index (χ0n) is 9.99. The fourth-order valence-corrected chi connectivity index (χ4v) is 1.62. The van der Waals surface area contributed by atoms with Crippen LogP contribution in [0.25, 0.3) is 0 Å². The molecule has 0 spiro atoms. The normalized spacial score (nSPS) is 14.1. The minimum atomic E-state index is -0.772. The minimum absolute atomic E-state index is 0.164. The second-order valence-corrected chi connectivity index (χ2v) is 4.75. The van der Waals surface area contributed by atoms with Gasteiger partial charge in [-0.25, -0.2) is 0 Å². The molecule has 5 nitrogen and oxygen atoms in total. The number of phenols is 1. The summed E-state index contributed by atoms with van der Waals surface area (Å²) >= 11 is 0. The lowest BCUT2D eigenvalue weighted by Crippen LogP contribution is -2.34. The van der Waals surface area contributed by atoms with E-state index in [1.54, 1.807) is 26.0 Å². The van der Waals surface area contributed by atoms with Crippen molar-refractivity contribution in [3.05, 3.63) is 17.7 Å². The zero-order valence-corrected chi connectivity index (χ0v) is 9.99. The fraction of sp³-hybridized carbons (Fsp3) is 0.500. The summed E-state index contributed by atoms with van der Waals surface area (Å²) < 4.78 is 10.4. The van der Waals surface area contributed by atoms with Gasteiger partial charge in [0.15, 0.2) is 11.5 Å². The Balaban J connectivity index is 2.02. The fourth-order valence-electron chi connectivity index (χ4n) is 1.62. The van der Waals surface area contributed by atoms with Crippen molar-refractivity contribution in [3.8, 4) is 17.2 Å². The molecule has 0 unspecified atom stereocenters. The highest BCUT2D eigenvalue weighted by atomic mass is 16.7. The molecule has 0 radical (unpaired) electrons. The molecule has 0 fully saturated rings. The Morgan fingerprint density at radius 2 is 1.94 bits per heavy atom. The highest BCUT2D eigenvalue weighted by Gasteiger charge is 2.17. The zero-order chi connectivity index (χ0) is 12.5. The number of phenolic OH excluding ortho intramolecular Hbond substituents is 1. The number of hydrogen-bond acceptors (Lipinski definition) is 5. The molecule has 1 aromatic rings. The molecule has 0 saturated heterocycles. The van der Waals surface area contributed by atoms with Crippen LogP contribution in [0.15, 0.2) is 12.1 Å². The molecule has 2 rings (SSSR count). The first-order valence-corrected chi connectivity index (χ1v) is 5.50. The topological polar surface area (TPSA) is 71.0 Å². The molecule has 1 aliphatic rings. The first-order chi connectivity index (χ1) is 7.96. The Hall–Kier alpha value is -1.46. The third-order valence-corrected chi connectivity index (χ3v) is 2.45. The maximum absolute atomic E-state index is 9.77. The van der Waals surface area contributed by atoms with Gasteiger partial charge in [-0.3, -0.25) is 0 Å². The Labute approximate surface area is 100.0 Å². The van der Waals surface area contributed by atoms with Gasteiger partial charge in [-0.05, 0) is 19.9 Å². The van der Waals surface area contributed by atoms with Crippen LogP contribution in [0.3, 0.4) is 0 Å². The van der Waals surface area contributed by atoms with Crippen LogP contribution in [0.1, 0.15) is 19.4 Å². The van der Waals surface area contributed by atoms with Crippen LogP contribution in [-0.2, 0) is 6.54 Å². The first-order valence-electron chi connectivity index (χ1n) is 5.50. The molecule has 0 aliphatic carbocycles. The van der Waals surface area contributed by atoms with Crippen LogP contribution in [0, 0.1) is 0 Å². The summed E-state index contributed by atoms with van der Waals surface area (Å²) in [5, 5.41) is 22.4. The van der Waals surface area contributed by atoms with Gasteiger partial charge in [-0.15, -0.1) is 0 Å². The summed E-state index contributed by atoms with van der Waals surface area (Å²) in [4.78, 5) is 0. The van der Waals surface area contributed by atoms with Gasteiger partial charge in [-0.1, -0.05) is 0 Å². The van der Waals surface area contributed by atoms with Gasteiger partial charge < -0.3 is 25.0 Å². The molecule has 0 amide bonds. The molecule has 0 atom stereocenters. The number of hydrogen-bond donors (Lipinski definition) is 3. The van der Waals surface area contributed by atoms with E-state index in [9.17, 15) is 10.2 Å². The largest absolute Gasteiger partial charge is 0.507 e. The average Bonchev–Trinajstić information content (AvgIpc) is 2.63. The van der Waals surface area contributed by atoms with E-state index in [0.29, 0.717) is 24.6 Å². The first kappa shape index (κ1) is 12.0. The van der Waals surface area contributed by atoms with Crippen molar-refractivity contribution in [2.45, 2.75) is 26.0 Å². The van der Waals surface area contributed by atoms with Gasteiger partial charge in [-0.2, -0.15) is 0 Å². The van der Waals surface area contributed by atoms with E-state index in [1.807, 2.05) is 0 Å². The van der Waals surface area contributed by atoms with Crippen molar-refractivity contribution in [2.75, 3.05) is 13.3 Å². The highest BCUT2D eigenvalue weighted by molar-refractivity contribution is 5.51. The summed E-state index contributed by atoms with van der Waals surface area (Å²) in [5.74, 6) is 1.37. The van der Waals surface area contributed by atoms with Gasteiger partial charge in [0.05, 0.1) is 5.60 Å². The summed E-state index contributed by atoms with van der Waals surface area (Å²) in [7, 11) is 0. The van der Waals surface area contributed by atoms with Gasteiger partial charge in [0.1, 0.15) is 5.75 Å². The number of aromatic hydroxyl groups is 1. The maximum atomic E-state index is 9.77. The highest BCUT2D eigenvalue weighted by Crippen LogP contribution is 2.37. The lowest BCUT2D eigenvalue weighted by molar-refractivity contribution is 0.0794. The third-order valence-electron chi connectivity index (χ3n) is 2.45. The monoisotopic (exact) mass is 239 g/mol. The average molecular weight is 239 g/mol. The van der Waals surface area contributed by atoms with Crippen LogP contribution in [0.5, 0.6) is 17.2 Å². The van der Waals surface area contributed by atoms with E-state index >= 15 is 0 Å². The lowest BCUT2D eigenvalue weighted by Gasteiger charge is -2.18. The number of aliphatic hydroxyl groups is 1. The van der Waals surface area contributed by atoms with Crippen molar-refractivity contribution in [1.82, 2.24) is 5.32 Å². The van der Waals surface area contributed by atoms with Crippen molar-refractivity contribution >= 4 is 0 Å². The van der Waals surface area contributed by atoms with E-state index in [0.717, 1.165) is 5.56 Å². The van der Waals surface area contributed by atoms with Crippen molar-refractivity contribution in [1.29, 1.82) is 0 Å². The van der Waals surface area contributed by atoms with E-state index < -0.39 is 5.60 Å². The van der Waals surface area contributed by atoms with Crippen LogP contribution in [0.2, 0.25) is 0 Å². The van der Waals surface area contributed by atoms with Gasteiger partial charge in [0, 0.05) is 24.7 Å². The van der Waals surface area contributed by atoms with Crippen molar-refractivity contribution in [2.24, 2.45) is 0 Å². The van der Waals surface area contributed by atoms with Crippen molar-refractivity contribution < 1.29 is 19.7 Å². The maximum Gasteiger partial charge on any atom is 0.231 e. The number of ether oxygens (including phenoxy) is 2. The molecule has 94 valence electrons. The number of benzene rings is 1. The summed E-state index contributed by atoms with van der Waals surface area (Å²) in [6, 6.07) is 3.29. The molecule has 1 aliphatic heterocycles. The standard InChI is InChI=1S/C12H17NO4/c1-12(2,15)6-13-5-8-3-10-11(4-9(8)14)17-7-16-10/h3-4,13-15H,5-7H2,1-2H3. The second-order valence-electron chi connectivity index (χ2n) is 4.75. The molecule has 0 bridgehead atoms. The SMILES string of the molecule is CC(C)(O)CNCc1cc2c(cc1O)OCO2. The summed E-state index contributed by atoms with van der Waals surface area (Å²) in [6.07, 6.45) is 0. The minimum Gasteiger partial charge on any atom is -0.507 e. The number of nitrogens with one attached hydrogen (secondary N) is 1. The molecule has 5 heteroatoms. The van der Waals surface area contributed by atoms with E-state index in [-0.39, 0.29) is 12.5 Å². The molecule has 3 N–H and O–H groups in total. The summed E-state index contributed by atoms with van der Waals surface area (Å²) in [6.45, 7) is 4.54. The van der Waals surface area contributed by atoms with E-state index in [4.69, 9.17) is 9.47 Å². The van der Waals surface area contributed by atoms with Crippen LogP contribution in [0.4, 0.5) is 0 Å². The molecule has 0 saturated carbocycles. The lowest BCUT2D eigenvalue weighted by atomic mass is 10.1. The van der Waals surface area contributed by atoms with E-state index in [1.165, 1.54) is 0 Å². The molecule has 17 heavy (non-hydrogen) atoms. The molecule has 1 aromatic carbocycles. The Morgan fingerprint density at radius 1 is 1.29 bits per heavy atom. The van der Waals surface area contributed by atoms with Gasteiger partial charge in [0.25, 0.3) is 0 Å². The molecular weight excluding hydrogens is 222 g/mol. The Morgan fingerprint density at radius 3 is 2.59 bits per heavy atom. The van der Waals surface area contributed by atoms with Crippen LogP contribution >= 0.6 is 0 Å². The predicted molar refractivity (Wildman–Crippen MR) is 62.2 cm³/mol. The third kappa shape index (κ3) is 3.01. The molecular formula is C12H17NO4. The Bertz CT molecular complexity index is 412. The van der Waals surface area contributed by atoms with E-state index in [2.05, 4.69) is 5.32 Å². The Kier molecular flexibility index (Phi) is 3.13. The molecule has 1 heterocycles. The quantitative estimate of drug-likeness (QED) is 0.730. The second kappa shape index (κ2) is 4.43. The number of rotatable bonds is 4.